The van der Waals surface area contributed by atoms with E-state index >= 15 is 0 Å². The van der Waals surface area contributed by atoms with Crippen molar-refractivity contribution < 1.29 is 28.8 Å². The number of nitriles is 3. The summed E-state index contributed by atoms with van der Waals surface area (Å²) in [4.78, 5) is 57.7. The van der Waals surface area contributed by atoms with E-state index in [0.29, 0.717) is 114 Å². The number of halogens is 1. The van der Waals surface area contributed by atoms with Crippen molar-refractivity contribution in [1.29, 1.82) is 15.8 Å². The Labute approximate surface area is 668 Å². The van der Waals surface area contributed by atoms with E-state index in [9.17, 15) is 30.4 Å². The summed E-state index contributed by atoms with van der Waals surface area (Å²) in [7, 11) is 4.88. The van der Waals surface area contributed by atoms with Crippen molar-refractivity contribution in [2.45, 2.75) is 94.3 Å². The van der Waals surface area contributed by atoms with Gasteiger partial charge < -0.3 is 53.8 Å². The van der Waals surface area contributed by atoms with Crippen LogP contribution in [0.15, 0.2) is 153 Å². The van der Waals surface area contributed by atoms with Crippen LogP contribution in [0.5, 0.6) is 17.6 Å². The van der Waals surface area contributed by atoms with E-state index in [1.54, 1.807) is 65.9 Å². The van der Waals surface area contributed by atoms with Crippen molar-refractivity contribution in [3.05, 3.63) is 187 Å². The van der Waals surface area contributed by atoms with E-state index in [-0.39, 0.29) is 12.2 Å². The van der Waals surface area contributed by atoms with Crippen LogP contribution in [0.1, 0.15) is 65.5 Å². The van der Waals surface area contributed by atoms with E-state index < -0.39 is 6.17 Å². The van der Waals surface area contributed by atoms with E-state index in [2.05, 4.69) is 118 Å². The molecule has 0 aliphatic carbocycles. The quantitative estimate of drug-likeness (QED) is 0.0829. The molecule has 10 aliphatic heterocycles. The second-order valence-corrected chi connectivity index (χ2v) is 30.9. The van der Waals surface area contributed by atoms with Crippen molar-refractivity contribution in [1.82, 2.24) is 83.4 Å². The number of rotatable bonds is 18. The van der Waals surface area contributed by atoms with Crippen molar-refractivity contribution >= 4 is 51.1 Å². The van der Waals surface area contributed by atoms with Crippen LogP contribution in [0, 0.1) is 34.0 Å². The molecule has 32 heteroatoms. The normalized spacial score (nSPS) is 21.2. The Morgan fingerprint density at radius 2 is 0.810 bits per heavy atom. The summed E-state index contributed by atoms with van der Waals surface area (Å²) in [6.45, 7) is 13.6. The Morgan fingerprint density at radius 1 is 0.397 bits per heavy atom. The molecule has 0 amide bonds. The third kappa shape index (κ3) is 15.1. The van der Waals surface area contributed by atoms with Crippen molar-refractivity contribution in [2.24, 2.45) is 0 Å². The first kappa shape index (κ1) is 74.6. The minimum absolute atomic E-state index is 0.338. The molecule has 116 heavy (non-hydrogen) atoms. The standard InChI is InChI=1S/C29H29FN8O.C28H29N9O2.C27H29N9O2/c1-39-28-5-2-19(11-33-28)14-37-24-8-25(37)17-36(16-24)27-4-3-20(12-32-27)26-9-23(35-7-6-22(30)15-35)18-38-29(26)21(10-31)13-34-38;1-39-27-3-2-18(9-32-27)13-36-21-6-22(36)15-35(14-21)26-12-30-25(11-31-26)24-7-20(34-5-4-23(38)17-34)16-37-28(24)19(8-29)10-33-37;1-38-26-3-2-19(12-31-26)16-33-6-8-34(9-7-33)25-15-29-24(14-30-25)23-10-21(35-5-4-22(37)18-35)17-36-27(23)20(11-28)13-32-36/h2-5,9,11-13,18,22,24-25H,6-8,14-17H2,1H3;2-3,7,9-12,16,21-23,38H,4-6,13-15,17H2,1H3;2-3,10,12-15,17,22,37H,4-9,16,18H2,1H3/t22-,24?,25?;21?,22?,23-;22-/m010/s1. The number of piperidine rings is 2. The number of alkyl halides is 1. The molecule has 0 saturated carbocycles. The largest absolute Gasteiger partial charge is 0.481 e. The fraction of sp³-hybridized carbons (Fsp3) is 0.381. The maximum Gasteiger partial charge on any atom is 0.212 e. The Kier molecular flexibility index (Phi) is 20.8. The van der Waals surface area contributed by atoms with Crippen LogP contribution in [0.4, 0.5) is 38.9 Å². The first-order valence-electron chi connectivity index (χ1n) is 39.4. The maximum absolute atomic E-state index is 13.9. The Hall–Kier alpha value is -12.8. The number of aliphatic hydroxyl groups is 2. The van der Waals surface area contributed by atoms with Gasteiger partial charge in [-0.2, -0.15) is 31.1 Å². The van der Waals surface area contributed by atoms with Crippen LogP contribution in [0.3, 0.4) is 0 Å². The van der Waals surface area contributed by atoms with E-state index in [1.807, 2.05) is 97.1 Å². The van der Waals surface area contributed by atoms with Crippen LogP contribution in [0.25, 0.3) is 50.2 Å². The zero-order valence-corrected chi connectivity index (χ0v) is 64.7. The van der Waals surface area contributed by atoms with Gasteiger partial charge >= 0.3 is 0 Å². The average molecular weight is 1560 g/mol. The van der Waals surface area contributed by atoms with E-state index in [4.69, 9.17) is 39.1 Å². The summed E-state index contributed by atoms with van der Waals surface area (Å²) < 4.78 is 34.6. The summed E-state index contributed by atoms with van der Waals surface area (Å²) >= 11 is 0. The molecule has 2 N–H and O–H groups in total. The summed E-state index contributed by atoms with van der Waals surface area (Å²) in [5.41, 5.74) is 14.8. The molecule has 590 valence electrons. The maximum atomic E-state index is 13.9. The van der Waals surface area contributed by atoms with Gasteiger partial charge in [0, 0.05) is 201 Å². The van der Waals surface area contributed by atoms with Gasteiger partial charge in [-0.25, -0.2) is 47.8 Å². The molecular formula is C84H87FN26O5. The second kappa shape index (κ2) is 32.3. The number of methoxy groups -OCH3 is 3. The Morgan fingerprint density at radius 3 is 1.19 bits per heavy atom. The smallest absolute Gasteiger partial charge is 0.212 e. The first-order valence-corrected chi connectivity index (χ1v) is 39.4. The fourth-order valence-electron chi connectivity index (χ4n) is 17.5. The van der Waals surface area contributed by atoms with Gasteiger partial charge in [0.1, 0.15) is 41.8 Å². The number of nitrogens with zero attached hydrogens (tertiary/aromatic N) is 26. The second-order valence-electron chi connectivity index (χ2n) is 30.9. The molecule has 22 rings (SSSR count). The predicted octanol–water partition coefficient (Wildman–Crippen LogP) is 7.74. The molecule has 31 nitrogen and oxygen atoms in total. The third-order valence-electron chi connectivity index (χ3n) is 23.8. The number of hydrogen-bond acceptors (Lipinski definition) is 28. The van der Waals surface area contributed by atoms with Crippen molar-refractivity contribution in [3.63, 3.8) is 0 Å². The number of hydrogen-bond donors (Lipinski definition) is 2. The average Bonchev–Trinajstić information content (AvgIpc) is 1.70. The zero-order valence-electron chi connectivity index (χ0n) is 64.7. The molecule has 0 aromatic carbocycles. The minimum Gasteiger partial charge on any atom is -0.481 e. The van der Waals surface area contributed by atoms with Crippen molar-refractivity contribution in [3.8, 4) is 69.5 Å². The zero-order chi connectivity index (χ0) is 79.1. The molecule has 12 aromatic heterocycles. The number of aromatic nitrogens is 14. The lowest BCUT2D eigenvalue weighted by molar-refractivity contribution is -0.00880. The van der Waals surface area contributed by atoms with Gasteiger partial charge in [-0.05, 0) is 79.1 Å². The number of fused-ring (bicyclic) bond motifs is 7. The lowest BCUT2D eigenvalue weighted by atomic mass is 9.87. The highest BCUT2D eigenvalue weighted by molar-refractivity contribution is 5.88. The summed E-state index contributed by atoms with van der Waals surface area (Å²) in [6.07, 6.45) is 28.1. The van der Waals surface area contributed by atoms with E-state index in [1.165, 1.54) is 24.0 Å². The van der Waals surface area contributed by atoms with Gasteiger partial charge in [-0.15, -0.1) is 0 Å². The van der Waals surface area contributed by atoms with Crippen molar-refractivity contribution in [2.75, 3.05) is 142 Å². The molecular weight excluding hydrogens is 1470 g/mol. The highest BCUT2D eigenvalue weighted by Crippen LogP contribution is 2.41. The lowest BCUT2D eigenvalue weighted by Crippen LogP contribution is -2.68. The topological polar surface area (TPSA) is 324 Å². The van der Waals surface area contributed by atoms with Gasteiger partial charge in [0.05, 0.1) is 157 Å². The monoisotopic (exact) mass is 1560 g/mol. The SMILES string of the molecule is COc1ccc(CN2C3CC2CN(c2ccc(-c4cc(N5CC[C@H](F)C5)cn5ncc(C#N)c45)cn2)C3)cn1.COc1ccc(CN2C3CC2CN(c2cnc(-c4cc(N5CC[C@@H](O)C5)cn5ncc(C#N)c45)cn2)C3)cn1.COc1ccc(CN2CCN(c3cnc(-c4cc(N5CC[C@H](O)C5)cn5ncc(C#N)c45)cn3)CC2)cn1. The number of anilines is 6. The molecule has 7 atom stereocenters. The summed E-state index contributed by atoms with van der Waals surface area (Å²) in [6, 6.07) is 30.8. The van der Waals surface area contributed by atoms with Crippen LogP contribution in [0.2, 0.25) is 0 Å². The number of ether oxygens (including phenoxy) is 3. The van der Waals surface area contributed by atoms with Crippen LogP contribution in [-0.2, 0) is 19.6 Å². The molecule has 4 unspecified atom stereocenters. The Balaban J connectivity index is 0.000000120. The molecule has 10 saturated heterocycles. The number of piperazine rings is 3. The first-order chi connectivity index (χ1) is 56.8. The summed E-state index contributed by atoms with van der Waals surface area (Å²) in [5, 5.41) is 62.3. The fourth-order valence-corrected chi connectivity index (χ4v) is 17.5. The van der Waals surface area contributed by atoms with Crippen LogP contribution in [-0.4, -0.2) is 249 Å². The molecule has 4 bridgehead atoms. The summed E-state index contributed by atoms with van der Waals surface area (Å²) in [5.74, 6) is 4.55. The highest BCUT2D eigenvalue weighted by Gasteiger charge is 2.46. The predicted molar refractivity (Wildman–Crippen MR) is 432 cm³/mol. The van der Waals surface area contributed by atoms with Gasteiger partial charge in [-0.1, -0.05) is 18.2 Å². The third-order valence-corrected chi connectivity index (χ3v) is 23.8. The molecule has 10 aliphatic rings. The van der Waals surface area contributed by atoms with Gasteiger partial charge in [0.15, 0.2) is 0 Å². The molecule has 12 aromatic rings. The molecule has 0 radical (unpaired) electrons. The van der Waals surface area contributed by atoms with Gasteiger partial charge in [0.25, 0.3) is 0 Å². The van der Waals surface area contributed by atoms with Gasteiger partial charge in [-0.3, -0.25) is 24.7 Å². The number of β-amino-alcohol motifs (C(OH)–C–C–N with tert-alkyl or cyclic N) is 2. The highest BCUT2D eigenvalue weighted by atomic mass is 19.1. The van der Waals surface area contributed by atoms with Crippen LogP contribution < -0.4 is 43.6 Å². The molecule has 22 heterocycles. The molecule has 0 spiro atoms. The molecule has 10 fully saturated rings. The minimum atomic E-state index is -0.822. The van der Waals surface area contributed by atoms with E-state index in [0.717, 1.165) is 166 Å². The number of aliphatic hydroxyl groups excluding tert-OH is 2. The Bertz CT molecular complexity index is 5390. The lowest BCUT2D eigenvalue weighted by Gasteiger charge is -2.56. The number of pyridine rings is 7. The van der Waals surface area contributed by atoms with Crippen LogP contribution >= 0.6 is 0 Å². The van der Waals surface area contributed by atoms with Gasteiger partial charge in [0.2, 0.25) is 17.6 Å².